The Hall–Kier alpha value is -1.32. The third-order valence-corrected chi connectivity index (χ3v) is 3.94. The van der Waals surface area contributed by atoms with Gasteiger partial charge in [0, 0.05) is 17.6 Å². The molecular weight excluding hydrogens is 242 g/mol. The van der Waals surface area contributed by atoms with Gasteiger partial charge in [-0.2, -0.15) is 0 Å². The van der Waals surface area contributed by atoms with E-state index in [1.54, 1.807) is 11.3 Å². The maximum Gasteiger partial charge on any atom is 0.0787 e. The second-order valence-electron chi connectivity index (χ2n) is 4.45. The Morgan fingerprint density at radius 1 is 1.22 bits per heavy atom. The molecule has 2 nitrogen and oxygen atoms in total. The summed E-state index contributed by atoms with van der Waals surface area (Å²) >= 11 is 1.78. The third-order valence-electron chi connectivity index (χ3n) is 3.08. The average Bonchev–Trinajstić information content (AvgIpc) is 2.91. The van der Waals surface area contributed by atoms with E-state index in [1.807, 2.05) is 19.1 Å². The molecule has 0 bridgehead atoms. The molecule has 0 amide bonds. The van der Waals surface area contributed by atoms with Crippen molar-refractivity contribution in [3.63, 3.8) is 0 Å². The number of aliphatic hydroxyl groups excluding tert-OH is 1. The standard InChI is InChI=1S/C15H19NOS/c1-3-15(17)12-6-8-13(9-7-12)16(2)11-14-5-4-10-18-14/h4-10,15,17H,3,11H2,1-2H3/t15-/m1/s1. The lowest BCUT2D eigenvalue weighted by Gasteiger charge is -2.19. The molecule has 0 saturated carbocycles. The molecule has 96 valence electrons. The Kier molecular flexibility index (Phi) is 4.39. The van der Waals surface area contributed by atoms with Gasteiger partial charge in [-0.3, -0.25) is 0 Å². The molecule has 0 saturated heterocycles. The molecule has 1 heterocycles. The SMILES string of the molecule is CC[C@@H](O)c1ccc(N(C)Cc2cccs2)cc1. The quantitative estimate of drug-likeness (QED) is 0.884. The fourth-order valence-electron chi connectivity index (χ4n) is 1.91. The van der Waals surface area contributed by atoms with E-state index in [9.17, 15) is 5.11 Å². The zero-order valence-corrected chi connectivity index (χ0v) is 11.7. The van der Waals surface area contributed by atoms with Crippen molar-refractivity contribution in [2.75, 3.05) is 11.9 Å². The summed E-state index contributed by atoms with van der Waals surface area (Å²) in [5.41, 5.74) is 2.17. The molecule has 0 unspecified atom stereocenters. The van der Waals surface area contributed by atoms with Gasteiger partial charge in [0.1, 0.15) is 0 Å². The molecule has 0 fully saturated rings. The number of nitrogens with zero attached hydrogens (tertiary/aromatic N) is 1. The van der Waals surface area contributed by atoms with Crippen LogP contribution in [0.4, 0.5) is 5.69 Å². The number of benzene rings is 1. The normalized spacial score (nSPS) is 12.4. The molecule has 0 aliphatic heterocycles. The van der Waals surface area contributed by atoms with Crippen molar-refractivity contribution < 1.29 is 5.11 Å². The van der Waals surface area contributed by atoms with Crippen LogP contribution in [-0.2, 0) is 6.54 Å². The van der Waals surface area contributed by atoms with Crippen LogP contribution in [0, 0.1) is 0 Å². The Labute approximate surface area is 113 Å². The lowest BCUT2D eigenvalue weighted by Crippen LogP contribution is -2.15. The van der Waals surface area contributed by atoms with Gasteiger partial charge in [-0.15, -0.1) is 11.3 Å². The summed E-state index contributed by atoms with van der Waals surface area (Å²) in [6, 6.07) is 12.4. The van der Waals surface area contributed by atoms with Crippen molar-refractivity contribution in [3.8, 4) is 0 Å². The minimum absolute atomic E-state index is 0.346. The van der Waals surface area contributed by atoms with Gasteiger partial charge in [0.2, 0.25) is 0 Å². The van der Waals surface area contributed by atoms with Crippen LogP contribution in [0.3, 0.4) is 0 Å². The van der Waals surface area contributed by atoms with Crippen molar-refractivity contribution in [1.82, 2.24) is 0 Å². The van der Waals surface area contributed by atoms with Crippen LogP contribution in [-0.4, -0.2) is 12.2 Å². The fourth-order valence-corrected chi connectivity index (χ4v) is 2.67. The van der Waals surface area contributed by atoms with Gasteiger partial charge < -0.3 is 10.0 Å². The monoisotopic (exact) mass is 261 g/mol. The summed E-state index contributed by atoms with van der Waals surface area (Å²) in [5.74, 6) is 0. The van der Waals surface area contributed by atoms with Crippen molar-refractivity contribution in [2.45, 2.75) is 26.0 Å². The van der Waals surface area contributed by atoms with E-state index >= 15 is 0 Å². The highest BCUT2D eigenvalue weighted by atomic mass is 32.1. The summed E-state index contributed by atoms with van der Waals surface area (Å²) in [6.45, 7) is 2.91. The highest BCUT2D eigenvalue weighted by Crippen LogP contribution is 2.22. The van der Waals surface area contributed by atoms with Gasteiger partial charge in [-0.1, -0.05) is 25.1 Å². The van der Waals surface area contributed by atoms with Gasteiger partial charge in [0.05, 0.1) is 12.6 Å². The first-order chi connectivity index (χ1) is 8.70. The van der Waals surface area contributed by atoms with Crippen molar-refractivity contribution in [3.05, 3.63) is 52.2 Å². The first-order valence-corrected chi connectivity index (χ1v) is 7.10. The van der Waals surface area contributed by atoms with Gasteiger partial charge in [-0.05, 0) is 35.6 Å². The molecule has 0 aliphatic carbocycles. The van der Waals surface area contributed by atoms with Gasteiger partial charge in [-0.25, -0.2) is 0 Å². The molecule has 3 heteroatoms. The average molecular weight is 261 g/mol. The zero-order valence-electron chi connectivity index (χ0n) is 10.8. The second kappa shape index (κ2) is 6.03. The largest absolute Gasteiger partial charge is 0.388 e. The molecule has 1 aromatic carbocycles. The van der Waals surface area contributed by atoms with E-state index in [2.05, 4.69) is 41.6 Å². The number of aliphatic hydroxyl groups is 1. The van der Waals surface area contributed by atoms with E-state index < -0.39 is 0 Å². The van der Waals surface area contributed by atoms with Crippen LogP contribution in [0.15, 0.2) is 41.8 Å². The predicted molar refractivity (Wildman–Crippen MR) is 78.1 cm³/mol. The second-order valence-corrected chi connectivity index (χ2v) is 5.48. The topological polar surface area (TPSA) is 23.5 Å². The van der Waals surface area contributed by atoms with Crippen LogP contribution >= 0.6 is 11.3 Å². The first kappa shape index (κ1) is 13.1. The highest BCUT2D eigenvalue weighted by molar-refractivity contribution is 7.09. The lowest BCUT2D eigenvalue weighted by molar-refractivity contribution is 0.173. The number of rotatable bonds is 5. The Balaban J connectivity index is 2.04. The van der Waals surface area contributed by atoms with Crippen molar-refractivity contribution in [2.24, 2.45) is 0 Å². The van der Waals surface area contributed by atoms with E-state index in [1.165, 1.54) is 10.6 Å². The molecule has 2 aromatic rings. The van der Waals surface area contributed by atoms with Gasteiger partial charge >= 0.3 is 0 Å². The minimum Gasteiger partial charge on any atom is -0.388 e. The third kappa shape index (κ3) is 3.12. The molecular formula is C15H19NOS. The van der Waals surface area contributed by atoms with E-state index in [-0.39, 0.29) is 6.10 Å². The zero-order chi connectivity index (χ0) is 13.0. The van der Waals surface area contributed by atoms with E-state index in [0.717, 1.165) is 18.5 Å². The summed E-state index contributed by atoms with van der Waals surface area (Å²) in [6.07, 6.45) is 0.409. The highest BCUT2D eigenvalue weighted by Gasteiger charge is 2.06. The first-order valence-electron chi connectivity index (χ1n) is 6.22. The van der Waals surface area contributed by atoms with Crippen LogP contribution in [0.25, 0.3) is 0 Å². The number of anilines is 1. The molecule has 2 rings (SSSR count). The van der Waals surface area contributed by atoms with Crippen LogP contribution < -0.4 is 4.90 Å². The summed E-state index contributed by atoms with van der Waals surface area (Å²) in [5, 5.41) is 11.9. The smallest absolute Gasteiger partial charge is 0.0787 e. The molecule has 1 atom stereocenters. The molecule has 0 radical (unpaired) electrons. The number of hydrogen-bond donors (Lipinski definition) is 1. The minimum atomic E-state index is -0.346. The predicted octanol–water partition coefficient (Wildman–Crippen LogP) is 3.83. The Morgan fingerprint density at radius 3 is 2.50 bits per heavy atom. The maximum absolute atomic E-state index is 9.75. The Morgan fingerprint density at radius 2 is 1.94 bits per heavy atom. The summed E-state index contributed by atoms with van der Waals surface area (Å²) < 4.78 is 0. The van der Waals surface area contributed by atoms with Gasteiger partial charge in [0.25, 0.3) is 0 Å². The number of thiophene rings is 1. The molecule has 0 aliphatic rings. The van der Waals surface area contributed by atoms with E-state index in [4.69, 9.17) is 0 Å². The lowest BCUT2D eigenvalue weighted by atomic mass is 10.1. The van der Waals surface area contributed by atoms with E-state index in [0.29, 0.717) is 0 Å². The fraction of sp³-hybridized carbons (Fsp3) is 0.333. The molecule has 18 heavy (non-hydrogen) atoms. The summed E-state index contributed by atoms with van der Waals surface area (Å²) in [4.78, 5) is 3.57. The van der Waals surface area contributed by atoms with Crippen molar-refractivity contribution >= 4 is 17.0 Å². The van der Waals surface area contributed by atoms with Crippen LogP contribution in [0.5, 0.6) is 0 Å². The molecule has 1 aromatic heterocycles. The molecule has 1 N–H and O–H groups in total. The van der Waals surface area contributed by atoms with Crippen molar-refractivity contribution in [1.29, 1.82) is 0 Å². The maximum atomic E-state index is 9.75. The van der Waals surface area contributed by atoms with Crippen LogP contribution in [0.1, 0.15) is 29.9 Å². The Bertz CT molecular complexity index is 464. The summed E-state index contributed by atoms with van der Waals surface area (Å²) in [7, 11) is 2.09. The molecule has 0 spiro atoms. The van der Waals surface area contributed by atoms with Gasteiger partial charge in [0.15, 0.2) is 0 Å². The van der Waals surface area contributed by atoms with Crippen LogP contribution in [0.2, 0.25) is 0 Å². The number of hydrogen-bond acceptors (Lipinski definition) is 3.